The quantitative estimate of drug-likeness (QED) is 0.884. The van der Waals surface area contributed by atoms with E-state index >= 15 is 0 Å². The lowest BCUT2D eigenvalue weighted by Crippen LogP contribution is -2.20. The van der Waals surface area contributed by atoms with E-state index in [9.17, 15) is 5.11 Å². The molecule has 0 bridgehead atoms. The van der Waals surface area contributed by atoms with Crippen LogP contribution in [-0.2, 0) is 6.54 Å². The summed E-state index contributed by atoms with van der Waals surface area (Å²) in [6.45, 7) is 3.59. The second kappa shape index (κ2) is 6.29. The summed E-state index contributed by atoms with van der Waals surface area (Å²) in [5, 5.41) is 14.1. The summed E-state index contributed by atoms with van der Waals surface area (Å²) >= 11 is 0. The smallest absolute Gasteiger partial charge is 0.119 e. The van der Waals surface area contributed by atoms with Gasteiger partial charge in [-0.15, -0.1) is 0 Å². The molecule has 0 aliphatic carbocycles. The van der Waals surface area contributed by atoms with E-state index in [4.69, 9.17) is 4.74 Å². The fraction of sp³-hybridized carbons (Fsp3) is 0.333. The maximum atomic E-state index is 10.7. The lowest BCUT2D eigenvalue weighted by atomic mass is 9.96. The highest BCUT2D eigenvalue weighted by atomic mass is 16.5. The van der Waals surface area contributed by atoms with Crippen molar-refractivity contribution in [1.29, 1.82) is 0 Å². The van der Waals surface area contributed by atoms with Crippen molar-refractivity contribution in [2.75, 3.05) is 6.61 Å². The summed E-state index contributed by atoms with van der Waals surface area (Å²) in [6, 6.07) is 15.9. The number of nitrogens with one attached hydrogen (secondary N) is 1. The van der Waals surface area contributed by atoms with Gasteiger partial charge in [0.2, 0.25) is 0 Å². The Morgan fingerprint density at radius 1 is 1.24 bits per heavy atom. The van der Waals surface area contributed by atoms with Crippen molar-refractivity contribution in [1.82, 2.24) is 5.32 Å². The van der Waals surface area contributed by atoms with Gasteiger partial charge >= 0.3 is 0 Å². The van der Waals surface area contributed by atoms with Gasteiger partial charge in [0.15, 0.2) is 0 Å². The van der Waals surface area contributed by atoms with E-state index in [0.29, 0.717) is 6.61 Å². The van der Waals surface area contributed by atoms with Gasteiger partial charge < -0.3 is 15.2 Å². The number of fused-ring (bicyclic) bond motifs is 1. The molecule has 2 aromatic carbocycles. The first kappa shape index (κ1) is 14.1. The third-order valence-corrected chi connectivity index (χ3v) is 3.89. The summed E-state index contributed by atoms with van der Waals surface area (Å²) in [7, 11) is 0. The van der Waals surface area contributed by atoms with Crippen molar-refractivity contribution in [3.63, 3.8) is 0 Å². The maximum absolute atomic E-state index is 10.7. The maximum Gasteiger partial charge on any atom is 0.119 e. The van der Waals surface area contributed by atoms with Crippen LogP contribution in [-0.4, -0.2) is 11.7 Å². The van der Waals surface area contributed by atoms with Crippen LogP contribution >= 0.6 is 0 Å². The summed E-state index contributed by atoms with van der Waals surface area (Å²) in [5.74, 6) is 0.819. The Labute approximate surface area is 125 Å². The fourth-order valence-electron chi connectivity index (χ4n) is 2.81. The van der Waals surface area contributed by atoms with Crippen LogP contribution in [0.3, 0.4) is 0 Å². The Morgan fingerprint density at radius 2 is 2.10 bits per heavy atom. The number of rotatable bonds is 5. The van der Waals surface area contributed by atoms with Gasteiger partial charge in [-0.05, 0) is 35.2 Å². The molecule has 110 valence electrons. The Balaban J connectivity index is 1.81. The Bertz CT molecular complexity index is 612. The minimum absolute atomic E-state index is 0.0531. The first-order chi connectivity index (χ1) is 10.3. The fourth-order valence-corrected chi connectivity index (χ4v) is 2.81. The monoisotopic (exact) mass is 283 g/mol. The predicted octanol–water partition coefficient (Wildman–Crippen LogP) is 3.35. The van der Waals surface area contributed by atoms with E-state index in [-0.39, 0.29) is 6.04 Å². The molecule has 0 amide bonds. The topological polar surface area (TPSA) is 41.5 Å². The van der Waals surface area contributed by atoms with E-state index in [1.54, 1.807) is 0 Å². The molecule has 3 nitrogen and oxygen atoms in total. The average molecular weight is 283 g/mol. The van der Waals surface area contributed by atoms with Crippen LogP contribution in [0.4, 0.5) is 0 Å². The van der Waals surface area contributed by atoms with Crippen LogP contribution in [0, 0.1) is 0 Å². The number of hydrogen-bond acceptors (Lipinski definition) is 3. The molecule has 3 rings (SSSR count). The van der Waals surface area contributed by atoms with Crippen molar-refractivity contribution in [2.24, 2.45) is 0 Å². The zero-order valence-corrected chi connectivity index (χ0v) is 12.3. The largest absolute Gasteiger partial charge is 0.494 e. The number of aliphatic hydroxyl groups is 1. The van der Waals surface area contributed by atoms with Gasteiger partial charge in [-0.2, -0.15) is 0 Å². The second-order valence-corrected chi connectivity index (χ2v) is 5.42. The minimum atomic E-state index is -0.571. The molecule has 0 aromatic heterocycles. The molecule has 0 spiro atoms. The number of benzene rings is 2. The Morgan fingerprint density at radius 3 is 2.95 bits per heavy atom. The normalized spacial score (nSPS) is 18.3. The second-order valence-electron chi connectivity index (χ2n) is 5.42. The molecule has 0 fully saturated rings. The molecule has 0 radical (unpaired) electrons. The van der Waals surface area contributed by atoms with Gasteiger partial charge in [0.05, 0.1) is 18.8 Å². The first-order valence-corrected chi connectivity index (χ1v) is 7.51. The van der Waals surface area contributed by atoms with Crippen LogP contribution in [0.15, 0.2) is 48.5 Å². The highest BCUT2D eigenvalue weighted by Crippen LogP contribution is 2.35. The van der Waals surface area contributed by atoms with Crippen molar-refractivity contribution in [3.05, 3.63) is 65.2 Å². The van der Waals surface area contributed by atoms with Gasteiger partial charge in [-0.3, -0.25) is 0 Å². The molecule has 0 saturated heterocycles. The van der Waals surface area contributed by atoms with Gasteiger partial charge in [-0.25, -0.2) is 0 Å². The van der Waals surface area contributed by atoms with Crippen molar-refractivity contribution >= 4 is 0 Å². The molecule has 21 heavy (non-hydrogen) atoms. The van der Waals surface area contributed by atoms with Crippen molar-refractivity contribution < 1.29 is 9.84 Å². The zero-order chi connectivity index (χ0) is 14.7. The molecule has 1 heterocycles. The minimum Gasteiger partial charge on any atom is -0.494 e. The lowest BCUT2D eigenvalue weighted by Gasteiger charge is -2.20. The predicted molar refractivity (Wildman–Crippen MR) is 83.2 cm³/mol. The van der Waals surface area contributed by atoms with Crippen molar-refractivity contribution in [2.45, 2.75) is 32.0 Å². The van der Waals surface area contributed by atoms with Crippen LogP contribution < -0.4 is 10.1 Å². The van der Waals surface area contributed by atoms with E-state index in [1.165, 1.54) is 11.1 Å². The van der Waals surface area contributed by atoms with Gasteiger partial charge in [0, 0.05) is 6.54 Å². The van der Waals surface area contributed by atoms with E-state index in [1.807, 2.05) is 36.4 Å². The number of ether oxygens (including phenoxy) is 1. The third kappa shape index (κ3) is 2.94. The summed E-state index contributed by atoms with van der Waals surface area (Å²) in [5.41, 5.74) is 3.34. The molecule has 2 N–H and O–H groups in total. The highest BCUT2D eigenvalue weighted by Gasteiger charge is 2.28. The molecule has 1 aliphatic heterocycles. The molecular weight excluding hydrogens is 262 g/mol. The molecular formula is C18H21NO2. The molecule has 0 saturated carbocycles. The molecule has 1 aliphatic rings. The highest BCUT2D eigenvalue weighted by molar-refractivity contribution is 5.38. The van der Waals surface area contributed by atoms with E-state index in [2.05, 4.69) is 24.4 Å². The number of hydrogen-bond donors (Lipinski definition) is 2. The van der Waals surface area contributed by atoms with E-state index < -0.39 is 6.10 Å². The van der Waals surface area contributed by atoms with Crippen LogP contribution in [0.5, 0.6) is 5.75 Å². The molecule has 2 atom stereocenters. The van der Waals surface area contributed by atoms with E-state index in [0.717, 1.165) is 24.3 Å². The van der Waals surface area contributed by atoms with Gasteiger partial charge in [0.25, 0.3) is 0 Å². The molecule has 2 aromatic rings. The van der Waals surface area contributed by atoms with Crippen molar-refractivity contribution in [3.8, 4) is 5.75 Å². The average Bonchev–Trinajstić information content (AvgIpc) is 2.96. The standard InChI is InChI=1S/C18H21NO2/c1-2-10-21-15-8-5-7-13(11-15)18(20)17-16-9-4-3-6-14(16)12-19-17/h3-9,11,17-20H,2,10,12H2,1H3. The van der Waals surface area contributed by atoms with Crippen LogP contribution in [0.25, 0.3) is 0 Å². The summed E-state index contributed by atoms with van der Waals surface area (Å²) in [6.07, 6.45) is 0.406. The number of aliphatic hydroxyl groups excluding tert-OH is 1. The van der Waals surface area contributed by atoms with Crippen LogP contribution in [0.1, 0.15) is 42.2 Å². The Kier molecular flexibility index (Phi) is 4.23. The van der Waals surface area contributed by atoms with Gasteiger partial charge in [-0.1, -0.05) is 43.3 Å². The van der Waals surface area contributed by atoms with Crippen LogP contribution in [0.2, 0.25) is 0 Å². The Hall–Kier alpha value is -1.84. The first-order valence-electron chi connectivity index (χ1n) is 7.51. The third-order valence-electron chi connectivity index (χ3n) is 3.89. The molecule has 3 heteroatoms. The zero-order valence-electron chi connectivity index (χ0n) is 12.3. The molecule has 2 unspecified atom stereocenters. The SMILES string of the molecule is CCCOc1cccc(C(O)C2NCc3ccccc32)c1. The lowest BCUT2D eigenvalue weighted by molar-refractivity contribution is 0.133. The summed E-state index contributed by atoms with van der Waals surface area (Å²) < 4.78 is 5.65. The summed E-state index contributed by atoms with van der Waals surface area (Å²) in [4.78, 5) is 0. The van der Waals surface area contributed by atoms with Gasteiger partial charge in [0.1, 0.15) is 5.75 Å².